The minimum atomic E-state index is 0.0304. The van der Waals surface area contributed by atoms with Crippen molar-refractivity contribution in [1.29, 1.82) is 0 Å². The van der Waals surface area contributed by atoms with Gasteiger partial charge in [0.25, 0.3) is 0 Å². The summed E-state index contributed by atoms with van der Waals surface area (Å²) in [6.45, 7) is 6.54. The summed E-state index contributed by atoms with van der Waals surface area (Å²) >= 11 is 0. The van der Waals surface area contributed by atoms with E-state index in [0.717, 1.165) is 26.1 Å². The van der Waals surface area contributed by atoms with Crippen molar-refractivity contribution in [3.05, 3.63) is 0 Å². The number of nitrogens with one attached hydrogen (secondary N) is 1. The molecule has 1 amide bonds. The van der Waals surface area contributed by atoms with Crippen molar-refractivity contribution in [2.24, 2.45) is 0 Å². The van der Waals surface area contributed by atoms with E-state index in [1.807, 2.05) is 18.7 Å². The van der Waals surface area contributed by atoms with E-state index in [1.54, 1.807) is 0 Å². The van der Waals surface area contributed by atoms with Gasteiger partial charge in [-0.25, -0.2) is 0 Å². The predicted molar refractivity (Wildman–Crippen MR) is 71.5 cm³/mol. The van der Waals surface area contributed by atoms with Crippen LogP contribution in [0.2, 0.25) is 0 Å². The van der Waals surface area contributed by atoms with E-state index in [9.17, 15) is 4.79 Å². The number of hydrogen-bond donors (Lipinski definition) is 1. The molecule has 0 spiro atoms. The molecule has 18 heavy (non-hydrogen) atoms. The molecular formula is C14H26N2O2. The first-order valence-electron chi connectivity index (χ1n) is 7.34. The molecule has 0 aromatic carbocycles. The molecule has 1 N–H and O–H groups in total. The second-order valence-electron chi connectivity index (χ2n) is 5.71. The van der Waals surface area contributed by atoms with Gasteiger partial charge in [-0.1, -0.05) is 19.3 Å². The normalized spacial score (nSPS) is 34.8. The molecule has 0 aromatic heterocycles. The van der Waals surface area contributed by atoms with Crippen LogP contribution in [-0.2, 0) is 9.53 Å². The van der Waals surface area contributed by atoms with Crippen molar-refractivity contribution in [3.8, 4) is 0 Å². The van der Waals surface area contributed by atoms with Gasteiger partial charge in [0.1, 0.15) is 0 Å². The molecule has 3 atom stereocenters. The van der Waals surface area contributed by atoms with Gasteiger partial charge in [-0.15, -0.1) is 0 Å². The summed E-state index contributed by atoms with van der Waals surface area (Å²) in [5.74, 6) is 0.277. The van der Waals surface area contributed by atoms with Gasteiger partial charge < -0.3 is 15.0 Å². The van der Waals surface area contributed by atoms with Crippen LogP contribution in [0.4, 0.5) is 0 Å². The molecule has 0 aliphatic carbocycles. The molecule has 2 heterocycles. The van der Waals surface area contributed by atoms with Gasteiger partial charge in [0.2, 0.25) is 5.91 Å². The van der Waals surface area contributed by atoms with Crippen LogP contribution in [0.5, 0.6) is 0 Å². The van der Waals surface area contributed by atoms with Gasteiger partial charge in [-0.2, -0.15) is 0 Å². The Labute approximate surface area is 110 Å². The zero-order valence-corrected chi connectivity index (χ0v) is 11.7. The molecule has 2 aliphatic heterocycles. The number of carbonyl (C=O) groups is 1. The third-order valence-corrected chi connectivity index (χ3v) is 3.84. The second-order valence-corrected chi connectivity index (χ2v) is 5.71. The highest BCUT2D eigenvalue weighted by atomic mass is 16.5. The summed E-state index contributed by atoms with van der Waals surface area (Å²) in [7, 11) is 0. The highest BCUT2D eigenvalue weighted by Crippen LogP contribution is 2.15. The lowest BCUT2D eigenvalue weighted by atomic mass is 10.0. The molecule has 2 aliphatic rings. The number of carbonyl (C=O) groups excluding carboxylic acids is 1. The molecule has 2 rings (SSSR count). The summed E-state index contributed by atoms with van der Waals surface area (Å²) in [4.78, 5) is 14.5. The highest BCUT2D eigenvalue weighted by molar-refractivity contribution is 5.82. The Morgan fingerprint density at radius 2 is 1.78 bits per heavy atom. The molecular weight excluding hydrogens is 228 g/mol. The van der Waals surface area contributed by atoms with Crippen molar-refractivity contribution < 1.29 is 9.53 Å². The molecule has 4 heteroatoms. The average Bonchev–Trinajstić information content (AvgIpc) is 2.26. The molecule has 0 aromatic rings. The first-order chi connectivity index (χ1) is 8.66. The van der Waals surface area contributed by atoms with Crippen LogP contribution in [-0.4, -0.2) is 48.7 Å². The standard InChI is InChI=1S/C14H26N2O2/c1-11-9-16(10-12(2)18-11)14(17)13-7-5-3-4-6-8-15-13/h11-13,15H,3-10H2,1-2H3. The first kappa shape index (κ1) is 13.8. The van der Waals surface area contributed by atoms with Crippen LogP contribution < -0.4 is 5.32 Å². The maximum Gasteiger partial charge on any atom is 0.239 e. The number of morpholine rings is 1. The van der Waals surface area contributed by atoms with Gasteiger partial charge >= 0.3 is 0 Å². The Morgan fingerprint density at radius 3 is 2.50 bits per heavy atom. The number of hydrogen-bond acceptors (Lipinski definition) is 3. The van der Waals surface area contributed by atoms with E-state index in [1.165, 1.54) is 25.7 Å². The molecule has 0 bridgehead atoms. The quantitative estimate of drug-likeness (QED) is 0.772. The molecule has 104 valence electrons. The second kappa shape index (κ2) is 6.53. The lowest BCUT2D eigenvalue weighted by Crippen LogP contribution is -2.54. The Bertz CT molecular complexity index is 265. The zero-order chi connectivity index (χ0) is 13.0. The van der Waals surface area contributed by atoms with Gasteiger partial charge in [-0.05, 0) is 33.2 Å². The fourth-order valence-electron chi connectivity index (χ4n) is 2.99. The van der Waals surface area contributed by atoms with Crippen LogP contribution in [0.1, 0.15) is 46.0 Å². The number of amides is 1. The Hall–Kier alpha value is -0.610. The average molecular weight is 254 g/mol. The van der Waals surface area contributed by atoms with Crippen molar-refractivity contribution in [1.82, 2.24) is 10.2 Å². The maximum absolute atomic E-state index is 12.5. The van der Waals surface area contributed by atoms with Gasteiger partial charge in [-0.3, -0.25) is 4.79 Å². The number of ether oxygens (including phenoxy) is 1. The van der Waals surface area contributed by atoms with E-state index in [0.29, 0.717) is 0 Å². The largest absolute Gasteiger partial charge is 0.372 e. The molecule has 2 saturated heterocycles. The minimum Gasteiger partial charge on any atom is -0.372 e. The summed E-state index contributed by atoms with van der Waals surface area (Å²) in [6, 6.07) is 0.0304. The third kappa shape index (κ3) is 3.69. The van der Waals surface area contributed by atoms with Crippen molar-refractivity contribution in [3.63, 3.8) is 0 Å². The Kier molecular flexibility index (Phi) is 5.01. The van der Waals surface area contributed by atoms with E-state index < -0.39 is 0 Å². The lowest BCUT2D eigenvalue weighted by Gasteiger charge is -2.37. The molecule has 4 nitrogen and oxygen atoms in total. The van der Waals surface area contributed by atoms with Crippen LogP contribution in [0.25, 0.3) is 0 Å². The monoisotopic (exact) mass is 254 g/mol. The van der Waals surface area contributed by atoms with Crippen LogP contribution in [0.15, 0.2) is 0 Å². The van der Waals surface area contributed by atoms with E-state index >= 15 is 0 Å². The van der Waals surface area contributed by atoms with E-state index in [-0.39, 0.29) is 24.2 Å². The maximum atomic E-state index is 12.5. The van der Waals surface area contributed by atoms with Crippen molar-refractivity contribution in [2.75, 3.05) is 19.6 Å². The fourth-order valence-corrected chi connectivity index (χ4v) is 2.99. The summed E-state index contributed by atoms with van der Waals surface area (Å²) in [5, 5.41) is 3.42. The number of nitrogens with zero attached hydrogens (tertiary/aromatic N) is 1. The first-order valence-corrected chi connectivity index (χ1v) is 7.34. The van der Waals surface area contributed by atoms with E-state index in [2.05, 4.69) is 5.32 Å². The van der Waals surface area contributed by atoms with Gasteiger partial charge in [0, 0.05) is 13.1 Å². The fraction of sp³-hybridized carbons (Fsp3) is 0.929. The molecule has 0 saturated carbocycles. The van der Waals surface area contributed by atoms with Crippen LogP contribution in [0, 0.1) is 0 Å². The number of rotatable bonds is 1. The third-order valence-electron chi connectivity index (χ3n) is 3.84. The topological polar surface area (TPSA) is 41.6 Å². The van der Waals surface area contributed by atoms with Crippen molar-refractivity contribution in [2.45, 2.75) is 64.2 Å². The minimum absolute atomic E-state index is 0.0304. The Morgan fingerprint density at radius 1 is 1.11 bits per heavy atom. The summed E-state index contributed by atoms with van der Waals surface area (Å²) < 4.78 is 5.68. The molecule has 2 fully saturated rings. The lowest BCUT2D eigenvalue weighted by molar-refractivity contribution is -0.145. The zero-order valence-electron chi connectivity index (χ0n) is 11.7. The Balaban J connectivity index is 1.91. The van der Waals surface area contributed by atoms with Crippen LogP contribution >= 0.6 is 0 Å². The summed E-state index contributed by atoms with van der Waals surface area (Å²) in [6.07, 6.45) is 6.22. The van der Waals surface area contributed by atoms with Crippen LogP contribution in [0.3, 0.4) is 0 Å². The van der Waals surface area contributed by atoms with Gasteiger partial charge in [0.15, 0.2) is 0 Å². The molecule has 3 unspecified atom stereocenters. The SMILES string of the molecule is CC1CN(C(=O)C2CCCCCCN2)CC(C)O1. The van der Waals surface area contributed by atoms with E-state index in [4.69, 9.17) is 4.74 Å². The smallest absolute Gasteiger partial charge is 0.239 e. The van der Waals surface area contributed by atoms with Crippen molar-refractivity contribution >= 4 is 5.91 Å². The van der Waals surface area contributed by atoms with Gasteiger partial charge in [0.05, 0.1) is 18.2 Å². The summed E-state index contributed by atoms with van der Waals surface area (Å²) in [5.41, 5.74) is 0. The predicted octanol–water partition coefficient (Wildman–Crippen LogP) is 1.54. The molecule has 0 radical (unpaired) electrons. The highest BCUT2D eigenvalue weighted by Gasteiger charge is 2.30.